The van der Waals surface area contributed by atoms with E-state index in [0.29, 0.717) is 18.7 Å². The number of allylic oxidation sites excluding steroid dienone is 3. The topological polar surface area (TPSA) is 45.6 Å². The van der Waals surface area contributed by atoms with Gasteiger partial charge in [-0.05, 0) is 13.0 Å². The van der Waals surface area contributed by atoms with Crippen LogP contribution in [-0.4, -0.2) is 17.1 Å². The Morgan fingerprint density at radius 3 is 3.18 bits per heavy atom. The van der Waals surface area contributed by atoms with Crippen LogP contribution in [0.5, 0.6) is 0 Å². The summed E-state index contributed by atoms with van der Waals surface area (Å²) in [5.74, 6) is 0.756. The first-order chi connectivity index (χ1) is 5.36. The largest absolute Gasteiger partial charge is 0.494 e. The Balaban J connectivity index is 2.72. The summed E-state index contributed by atoms with van der Waals surface area (Å²) >= 11 is 0. The molecule has 0 unspecified atom stereocenters. The smallest absolute Gasteiger partial charge is 0.299 e. The molecule has 0 radical (unpaired) electrons. The molecule has 0 aromatic rings. The van der Waals surface area contributed by atoms with Gasteiger partial charge in [0.1, 0.15) is 5.76 Å². The first-order valence-corrected chi connectivity index (χ1v) is 3.58. The van der Waals surface area contributed by atoms with Gasteiger partial charge in [0.2, 0.25) is 0 Å². The third-order valence-electron chi connectivity index (χ3n) is 1.36. The number of ether oxygens (including phenoxy) is 1. The van der Waals surface area contributed by atoms with Crippen molar-refractivity contribution in [1.29, 1.82) is 0 Å². The molecule has 11 heavy (non-hydrogen) atoms. The van der Waals surface area contributed by atoms with Crippen molar-refractivity contribution in [3.8, 4) is 0 Å². The summed E-state index contributed by atoms with van der Waals surface area (Å²) in [5, 5.41) is 0. The average Bonchev–Trinajstić information content (AvgIpc) is 2.06. The Hall–Kier alpha value is -1.34. The molecule has 0 aromatic carbocycles. The third-order valence-corrected chi connectivity index (χ3v) is 1.36. The number of hydrogen-bond acceptors (Lipinski definition) is 1. The van der Waals surface area contributed by atoms with E-state index in [0.717, 1.165) is 5.76 Å². The molecule has 0 bridgehead atoms. The lowest BCUT2D eigenvalue weighted by atomic mass is 10.1. The van der Waals surface area contributed by atoms with E-state index >= 15 is 0 Å². The van der Waals surface area contributed by atoms with E-state index in [1.54, 1.807) is 6.08 Å². The molecule has 1 aliphatic carbocycles. The Morgan fingerprint density at radius 2 is 2.55 bits per heavy atom. The Bertz CT molecular complexity index is 247. The molecule has 0 aromatic heterocycles. The molecule has 58 valence electrons. The van der Waals surface area contributed by atoms with E-state index in [-0.39, 0.29) is 0 Å². The van der Waals surface area contributed by atoms with E-state index in [1.807, 2.05) is 19.1 Å². The van der Waals surface area contributed by atoms with Crippen LogP contribution >= 0.6 is 0 Å². The van der Waals surface area contributed by atoms with Gasteiger partial charge in [0, 0.05) is 0 Å². The van der Waals surface area contributed by atoms with Crippen LogP contribution in [-0.2, 0) is 4.74 Å². The molecule has 0 heterocycles. The van der Waals surface area contributed by atoms with Gasteiger partial charge in [-0.25, -0.2) is 0 Å². The lowest BCUT2D eigenvalue weighted by Crippen LogP contribution is -2.01. The molecule has 1 rings (SSSR count). The number of rotatable bonds is 2. The maximum absolute atomic E-state index is 8.43. The summed E-state index contributed by atoms with van der Waals surface area (Å²) in [7, 11) is 0. The van der Waals surface area contributed by atoms with E-state index in [2.05, 4.69) is 4.79 Å². The predicted octanol–water partition coefficient (Wildman–Crippen LogP) is 1.54. The van der Waals surface area contributed by atoms with Crippen LogP contribution in [0.4, 0.5) is 0 Å². The summed E-state index contributed by atoms with van der Waals surface area (Å²) in [6.45, 7) is 2.55. The van der Waals surface area contributed by atoms with Crippen LogP contribution in [0.15, 0.2) is 24.0 Å². The molecule has 0 N–H and O–H groups in total. The highest BCUT2D eigenvalue weighted by Gasteiger charge is 2.08. The lowest BCUT2D eigenvalue weighted by Gasteiger charge is -2.04. The van der Waals surface area contributed by atoms with Gasteiger partial charge in [0.15, 0.2) is 0 Å². The quantitative estimate of drug-likeness (QED) is 0.435. The van der Waals surface area contributed by atoms with E-state index < -0.39 is 0 Å². The predicted molar refractivity (Wildman–Crippen MR) is 42.1 cm³/mol. The molecule has 0 aliphatic heterocycles. The average molecular weight is 150 g/mol. The first-order valence-electron chi connectivity index (χ1n) is 3.58. The van der Waals surface area contributed by atoms with Crippen molar-refractivity contribution in [2.24, 2.45) is 0 Å². The van der Waals surface area contributed by atoms with Gasteiger partial charge >= 0.3 is 0 Å². The zero-order valence-corrected chi connectivity index (χ0v) is 6.45. The molecule has 0 fully saturated rings. The van der Waals surface area contributed by atoms with Crippen molar-refractivity contribution in [2.45, 2.75) is 13.3 Å². The minimum absolute atomic E-state index is 0.634. The molecular formula is C8H10N2O. The van der Waals surface area contributed by atoms with Crippen molar-refractivity contribution in [2.75, 3.05) is 6.61 Å². The van der Waals surface area contributed by atoms with Crippen molar-refractivity contribution in [3.05, 3.63) is 29.5 Å². The van der Waals surface area contributed by atoms with Crippen molar-refractivity contribution < 1.29 is 9.53 Å². The summed E-state index contributed by atoms with van der Waals surface area (Å²) in [4.78, 5) is 3.09. The molecule has 0 atom stereocenters. The standard InChI is InChI=1S/C8H10N2O/c1-2-11-8-5-3-4-7(6-8)10-9/h3,5-6H,2,4H2,1H3. The molecule has 3 nitrogen and oxygen atoms in total. The van der Waals surface area contributed by atoms with Crippen molar-refractivity contribution >= 4 is 5.71 Å². The summed E-state index contributed by atoms with van der Waals surface area (Å²) in [5.41, 5.74) is 9.07. The first kappa shape index (κ1) is 7.76. The van der Waals surface area contributed by atoms with E-state index in [1.165, 1.54) is 0 Å². The zero-order chi connectivity index (χ0) is 8.10. The van der Waals surface area contributed by atoms with Crippen LogP contribution in [0, 0.1) is 0 Å². The van der Waals surface area contributed by atoms with Gasteiger partial charge in [0.25, 0.3) is 5.71 Å². The molecule has 0 amide bonds. The van der Waals surface area contributed by atoms with Crippen LogP contribution in [0.3, 0.4) is 0 Å². The molecular weight excluding hydrogens is 140 g/mol. The second kappa shape index (κ2) is 3.74. The van der Waals surface area contributed by atoms with Crippen molar-refractivity contribution in [3.63, 3.8) is 0 Å². The molecule has 3 heteroatoms. The number of hydrogen-bond donors (Lipinski definition) is 0. The van der Waals surface area contributed by atoms with Crippen LogP contribution in [0.1, 0.15) is 13.3 Å². The maximum atomic E-state index is 8.43. The van der Waals surface area contributed by atoms with Gasteiger partial charge in [-0.2, -0.15) is 4.79 Å². The maximum Gasteiger partial charge on any atom is 0.299 e. The van der Waals surface area contributed by atoms with E-state index in [9.17, 15) is 0 Å². The van der Waals surface area contributed by atoms with Gasteiger partial charge in [-0.15, -0.1) is 0 Å². The summed E-state index contributed by atoms with van der Waals surface area (Å²) in [6, 6.07) is 0. The normalized spacial score (nSPS) is 15.7. The van der Waals surface area contributed by atoms with Gasteiger partial charge in [0.05, 0.1) is 19.1 Å². The Kier molecular flexibility index (Phi) is 2.64. The second-order valence-electron chi connectivity index (χ2n) is 2.18. The SMILES string of the molecule is CCOC1=CC(=[N+]=[N-])CC=C1. The lowest BCUT2D eigenvalue weighted by molar-refractivity contribution is -0.00575. The highest BCUT2D eigenvalue weighted by molar-refractivity contribution is 5.93. The fourth-order valence-corrected chi connectivity index (χ4v) is 0.893. The molecule has 0 saturated heterocycles. The minimum atomic E-state index is 0.634. The van der Waals surface area contributed by atoms with Gasteiger partial charge < -0.3 is 10.3 Å². The fraction of sp³-hybridized carbons (Fsp3) is 0.375. The highest BCUT2D eigenvalue weighted by Crippen LogP contribution is 2.07. The molecule has 0 spiro atoms. The number of nitrogens with zero attached hydrogens (tertiary/aromatic N) is 2. The van der Waals surface area contributed by atoms with Gasteiger partial charge in [-0.3, -0.25) is 0 Å². The minimum Gasteiger partial charge on any atom is -0.494 e. The molecule has 1 aliphatic rings. The molecule has 0 saturated carbocycles. The highest BCUT2D eigenvalue weighted by atomic mass is 16.5. The van der Waals surface area contributed by atoms with Crippen molar-refractivity contribution in [1.82, 2.24) is 0 Å². The summed E-state index contributed by atoms with van der Waals surface area (Å²) in [6.07, 6.45) is 6.18. The monoisotopic (exact) mass is 150 g/mol. The van der Waals surface area contributed by atoms with Crippen LogP contribution in [0.25, 0.3) is 5.53 Å². The third kappa shape index (κ3) is 2.06. The Labute approximate surface area is 65.6 Å². The zero-order valence-electron chi connectivity index (χ0n) is 6.45. The fourth-order valence-electron chi connectivity index (χ4n) is 0.893. The van der Waals surface area contributed by atoms with Crippen LogP contribution in [0.2, 0.25) is 0 Å². The van der Waals surface area contributed by atoms with E-state index in [4.69, 9.17) is 10.3 Å². The van der Waals surface area contributed by atoms with Gasteiger partial charge in [-0.1, -0.05) is 6.08 Å². The van der Waals surface area contributed by atoms with Crippen LogP contribution < -0.4 is 0 Å². The second-order valence-corrected chi connectivity index (χ2v) is 2.18. The summed E-state index contributed by atoms with van der Waals surface area (Å²) < 4.78 is 5.20. The Morgan fingerprint density at radius 1 is 1.73 bits per heavy atom.